The minimum absolute atomic E-state index is 0.701. The van der Waals surface area contributed by atoms with Gasteiger partial charge in [-0.05, 0) is 50.7 Å². The Labute approximate surface area is 110 Å². The first kappa shape index (κ1) is 13.5. The molecule has 1 aromatic rings. The second-order valence-electron chi connectivity index (χ2n) is 5.13. The molecule has 1 aromatic heterocycles. The molecule has 100 valence electrons. The van der Waals surface area contributed by atoms with Crippen LogP contribution in [-0.2, 0) is 6.54 Å². The summed E-state index contributed by atoms with van der Waals surface area (Å²) in [6, 6.07) is 4.90. The van der Waals surface area contributed by atoms with Crippen LogP contribution in [0.1, 0.15) is 18.4 Å². The number of piperidine rings is 1. The van der Waals surface area contributed by atoms with E-state index in [0.717, 1.165) is 19.6 Å². The summed E-state index contributed by atoms with van der Waals surface area (Å²) in [5, 5.41) is 0. The summed E-state index contributed by atoms with van der Waals surface area (Å²) >= 11 is 0. The van der Waals surface area contributed by atoms with Crippen LogP contribution < -0.4 is 5.73 Å². The van der Waals surface area contributed by atoms with E-state index >= 15 is 0 Å². The lowest BCUT2D eigenvalue weighted by atomic mass is 10.0. The molecule has 0 atom stereocenters. The highest BCUT2D eigenvalue weighted by Crippen LogP contribution is 2.16. The topological polar surface area (TPSA) is 45.4 Å². The zero-order chi connectivity index (χ0) is 12.8. The molecule has 0 saturated carbocycles. The van der Waals surface area contributed by atoms with Crippen molar-refractivity contribution in [1.29, 1.82) is 0 Å². The normalized spacial score (nSPS) is 18.4. The summed E-state index contributed by atoms with van der Waals surface area (Å²) in [5.41, 5.74) is 6.94. The van der Waals surface area contributed by atoms with E-state index in [2.05, 4.69) is 34.0 Å². The Bertz CT molecular complexity index is 333. The number of rotatable bonds is 5. The summed E-state index contributed by atoms with van der Waals surface area (Å²) < 4.78 is 0. The standard InChI is InChI=1S/C14H24N4/c1-17(12-13-2-7-16-8-3-13)14-4-9-18(10-5-14)11-6-15/h2-3,7-8,14H,4-6,9-12,15H2,1H3. The van der Waals surface area contributed by atoms with Crippen molar-refractivity contribution in [3.63, 3.8) is 0 Å². The Morgan fingerprint density at radius 1 is 1.33 bits per heavy atom. The van der Waals surface area contributed by atoms with Gasteiger partial charge in [-0.25, -0.2) is 0 Å². The molecule has 18 heavy (non-hydrogen) atoms. The number of hydrogen-bond acceptors (Lipinski definition) is 4. The van der Waals surface area contributed by atoms with Crippen LogP contribution in [0.5, 0.6) is 0 Å². The van der Waals surface area contributed by atoms with Crippen molar-refractivity contribution in [2.45, 2.75) is 25.4 Å². The maximum absolute atomic E-state index is 5.60. The largest absolute Gasteiger partial charge is 0.329 e. The van der Waals surface area contributed by atoms with E-state index in [1.54, 1.807) is 0 Å². The summed E-state index contributed by atoms with van der Waals surface area (Å²) in [7, 11) is 2.23. The zero-order valence-electron chi connectivity index (χ0n) is 11.3. The zero-order valence-corrected chi connectivity index (χ0v) is 11.3. The van der Waals surface area contributed by atoms with Crippen LogP contribution in [-0.4, -0.2) is 54.1 Å². The molecule has 2 heterocycles. The molecule has 2 rings (SSSR count). The van der Waals surface area contributed by atoms with Crippen LogP contribution in [0, 0.1) is 0 Å². The molecule has 0 aromatic carbocycles. The van der Waals surface area contributed by atoms with Crippen molar-refractivity contribution in [2.24, 2.45) is 5.73 Å². The first-order valence-electron chi connectivity index (χ1n) is 6.81. The van der Waals surface area contributed by atoms with Gasteiger partial charge >= 0.3 is 0 Å². The molecule has 2 N–H and O–H groups in total. The predicted octanol–water partition coefficient (Wildman–Crippen LogP) is 0.937. The van der Waals surface area contributed by atoms with Crippen LogP contribution >= 0.6 is 0 Å². The Morgan fingerprint density at radius 3 is 2.61 bits per heavy atom. The van der Waals surface area contributed by atoms with Gasteiger partial charge in [0.15, 0.2) is 0 Å². The van der Waals surface area contributed by atoms with Crippen molar-refractivity contribution in [1.82, 2.24) is 14.8 Å². The average Bonchev–Trinajstić information content (AvgIpc) is 2.41. The number of nitrogens with two attached hydrogens (primary N) is 1. The number of pyridine rings is 1. The van der Waals surface area contributed by atoms with Gasteiger partial charge in [-0.3, -0.25) is 9.88 Å². The van der Waals surface area contributed by atoms with Gasteiger partial charge in [0, 0.05) is 38.1 Å². The lowest BCUT2D eigenvalue weighted by Crippen LogP contribution is -2.44. The smallest absolute Gasteiger partial charge is 0.0271 e. The first-order valence-corrected chi connectivity index (χ1v) is 6.81. The lowest BCUT2D eigenvalue weighted by Gasteiger charge is -2.36. The number of hydrogen-bond donors (Lipinski definition) is 1. The maximum Gasteiger partial charge on any atom is 0.0271 e. The molecule has 1 saturated heterocycles. The summed E-state index contributed by atoms with van der Waals surface area (Å²) in [4.78, 5) is 8.99. The Balaban J connectivity index is 1.79. The quantitative estimate of drug-likeness (QED) is 0.842. The van der Waals surface area contributed by atoms with E-state index < -0.39 is 0 Å². The third-order valence-corrected chi connectivity index (χ3v) is 3.81. The van der Waals surface area contributed by atoms with Crippen molar-refractivity contribution >= 4 is 0 Å². The highest BCUT2D eigenvalue weighted by Gasteiger charge is 2.21. The minimum atomic E-state index is 0.701. The molecule has 0 radical (unpaired) electrons. The van der Waals surface area contributed by atoms with Gasteiger partial charge in [-0.15, -0.1) is 0 Å². The van der Waals surface area contributed by atoms with E-state index in [9.17, 15) is 0 Å². The van der Waals surface area contributed by atoms with Crippen LogP contribution in [0.2, 0.25) is 0 Å². The minimum Gasteiger partial charge on any atom is -0.329 e. The van der Waals surface area contributed by atoms with Crippen molar-refractivity contribution in [3.8, 4) is 0 Å². The Morgan fingerprint density at radius 2 is 2.00 bits per heavy atom. The van der Waals surface area contributed by atoms with Gasteiger partial charge in [-0.2, -0.15) is 0 Å². The van der Waals surface area contributed by atoms with E-state index in [-0.39, 0.29) is 0 Å². The first-order chi connectivity index (χ1) is 8.79. The third kappa shape index (κ3) is 3.77. The van der Waals surface area contributed by atoms with Gasteiger partial charge in [0.25, 0.3) is 0 Å². The molecule has 0 spiro atoms. The van der Waals surface area contributed by atoms with E-state index in [1.165, 1.54) is 31.5 Å². The SMILES string of the molecule is CN(Cc1ccncc1)C1CCN(CCN)CC1. The van der Waals surface area contributed by atoms with Gasteiger partial charge < -0.3 is 10.6 Å². The Kier molecular flexibility index (Phi) is 5.11. The third-order valence-electron chi connectivity index (χ3n) is 3.81. The van der Waals surface area contributed by atoms with Gasteiger partial charge in [-0.1, -0.05) is 0 Å². The number of likely N-dealkylation sites (tertiary alicyclic amines) is 1. The number of aromatic nitrogens is 1. The monoisotopic (exact) mass is 248 g/mol. The van der Waals surface area contributed by atoms with E-state index in [0.29, 0.717) is 6.04 Å². The van der Waals surface area contributed by atoms with Crippen molar-refractivity contribution in [2.75, 3.05) is 33.2 Å². The Hall–Kier alpha value is -0.970. The van der Waals surface area contributed by atoms with Gasteiger partial charge in [0.05, 0.1) is 0 Å². The molecule has 1 aliphatic rings. The molecule has 1 aliphatic heterocycles. The number of nitrogens with zero attached hydrogens (tertiary/aromatic N) is 3. The molecule has 0 bridgehead atoms. The van der Waals surface area contributed by atoms with E-state index in [1.807, 2.05) is 12.4 Å². The van der Waals surface area contributed by atoms with Crippen LogP contribution in [0.15, 0.2) is 24.5 Å². The highest BCUT2D eigenvalue weighted by molar-refractivity contribution is 5.09. The molecule has 4 nitrogen and oxygen atoms in total. The second-order valence-corrected chi connectivity index (χ2v) is 5.13. The molecule has 0 amide bonds. The fraction of sp³-hybridized carbons (Fsp3) is 0.643. The lowest BCUT2D eigenvalue weighted by molar-refractivity contribution is 0.125. The van der Waals surface area contributed by atoms with Crippen molar-refractivity contribution in [3.05, 3.63) is 30.1 Å². The summed E-state index contributed by atoms with van der Waals surface area (Å²) in [6.45, 7) is 5.20. The second kappa shape index (κ2) is 6.83. The van der Waals surface area contributed by atoms with Crippen LogP contribution in [0.25, 0.3) is 0 Å². The molecule has 1 fully saturated rings. The van der Waals surface area contributed by atoms with E-state index in [4.69, 9.17) is 5.73 Å². The fourth-order valence-electron chi connectivity index (χ4n) is 2.67. The highest BCUT2D eigenvalue weighted by atomic mass is 15.2. The summed E-state index contributed by atoms with van der Waals surface area (Å²) in [5.74, 6) is 0. The molecular formula is C14H24N4. The average molecular weight is 248 g/mol. The molecule has 0 unspecified atom stereocenters. The predicted molar refractivity (Wildman–Crippen MR) is 74.2 cm³/mol. The van der Waals surface area contributed by atoms with Gasteiger partial charge in [0.1, 0.15) is 0 Å². The fourth-order valence-corrected chi connectivity index (χ4v) is 2.67. The molecular weight excluding hydrogens is 224 g/mol. The van der Waals surface area contributed by atoms with Crippen LogP contribution in [0.3, 0.4) is 0 Å². The van der Waals surface area contributed by atoms with Crippen molar-refractivity contribution < 1.29 is 0 Å². The van der Waals surface area contributed by atoms with Gasteiger partial charge in [0.2, 0.25) is 0 Å². The van der Waals surface area contributed by atoms with Crippen LogP contribution in [0.4, 0.5) is 0 Å². The molecule has 0 aliphatic carbocycles. The summed E-state index contributed by atoms with van der Waals surface area (Å²) in [6.07, 6.45) is 6.24. The maximum atomic E-state index is 5.60. The molecule has 4 heteroatoms.